The van der Waals surface area contributed by atoms with Crippen molar-refractivity contribution in [1.82, 2.24) is 9.03 Å². The molecular formula is C22H27ClN2O6S. The van der Waals surface area contributed by atoms with Crippen LogP contribution < -0.4 is 4.72 Å². The summed E-state index contributed by atoms with van der Waals surface area (Å²) in [4.78, 5) is 8.56. The average Bonchev–Trinajstić information content (AvgIpc) is 3.13. The molecule has 0 bridgehead atoms. The normalized spacial score (nSPS) is 25.1. The number of ether oxygens (including phenoxy) is 1. The van der Waals surface area contributed by atoms with Crippen LogP contribution in [0, 0.1) is 5.92 Å². The summed E-state index contributed by atoms with van der Waals surface area (Å²) in [6, 6.07) is 17.6. The second kappa shape index (κ2) is 10.6. The summed E-state index contributed by atoms with van der Waals surface area (Å²) in [5, 5.41) is 14.6. The highest BCUT2D eigenvalue weighted by atomic mass is 35.5. The molecule has 1 saturated carbocycles. The standard InChI is InChI=1S/C21H25ClN2O3S.CH2O3/c1-15-20(17-5-3-2-4-6-17)21(15)23-28(25,26)24-12-11-19(13-24)27-14-16-7-9-18(22)10-8-16;2-1(3)4/h2-10,15,19-21,23H,11-14H2,1H3;(H2,2,3,4)/t15-,19?,20-,21+;/m1./s1. The summed E-state index contributed by atoms with van der Waals surface area (Å²) >= 11 is 5.89. The summed E-state index contributed by atoms with van der Waals surface area (Å²) in [6.45, 7) is 3.42. The molecule has 10 heteroatoms. The number of benzene rings is 2. The maximum atomic E-state index is 12.8. The molecule has 1 heterocycles. The number of halogens is 1. The lowest BCUT2D eigenvalue weighted by Crippen LogP contribution is -2.41. The van der Waals surface area contributed by atoms with Gasteiger partial charge in [0, 0.05) is 30.1 Å². The maximum absolute atomic E-state index is 12.8. The highest BCUT2D eigenvalue weighted by Gasteiger charge is 2.50. The number of carbonyl (C=O) groups is 1. The molecule has 1 saturated heterocycles. The Labute approximate surface area is 193 Å². The first-order valence-electron chi connectivity index (χ1n) is 10.3. The van der Waals surface area contributed by atoms with Gasteiger partial charge in [-0.25, -0.2) is 4.79 Å². The molecular weight excluding hydrogens is 456 g/mol. The summed E-state index contributed by atoms with van der Waals surface area (Å²) in [7, 11) is -3.51. The minimum absolute atomic E-state index is 0.0403. The van der Waals surface area contributed by atoms with Crippen molar-refractivity contribution in [2.75, 3.05) is 13.1 Å². The lowest BCUT2D eigenvalue weighted by atomic mass is 10.1. The minimum Gasteiger partial charge on any atom is -0.450 e. The highest BCUT2D eigenvalue weighted by Crippen LogP contribution is 2.47. The molecule has 2 fully saturated rings. The van der Waals surface area contributed by atoms with Crippen molar-refractivity contribution < 1.29 is 28.2 Å². The van der Waals surface area contributed by atoms with Gasteiger partial charge >= 0.3 is 6.16 Å². The van der Waals surface area contributed by atoms with Gasteiger partial charge in [0.05, 0.1) is 12.7 Å². The molecule has 174 valence electrons. The van der Waals surface area contributed by atoms with E-state index in [4.69, 9.17) is 31.3 Å². The molecule has 32 heavy (non-hydrogen) atoms. The SMILES string of the molecule is C[C@H]1[C@H](NS(=O)(=O)N2CCC(OCc3ccc(Cl)cc3)C2)[C@H]1c1ccccc1.O=C(O)O. The Morgan fingerprint density at radius 3 is 2.41 bits per heavy atom. The Morgan fingerprint density at radius 1 is 1.16 bits per heavy atom. The Kier molecular flexibility index (Phi) is 8.13. The first-order valence-corrected chi connectivity index (χ1v) is 12.1. The van der Waals surface area contributed by atoms with Crippen molar-refractivity contribution >= 4 is 28.0 Å². The lowest BCUT2D eigenvalue weighted by molar-refractivity contribution is 0.0508. The van der Waals surface area contributed by atoms with Crippen LogP contribution in [0.25, 0.3) is 0 Å². The molecule has 1 aliphatic carbocycles. The molecule has 0 amide bonds. The number of hydrogen-bond acceptors (Lipinski definition) is 4. The number of rotatable bonds is 7. The van der Waals surface area contributed by atoms with Crippen LogP contribution in [0.1, 0.15) is 30.4 Å². The van der Waals surface area contributed by atoms with Gasteiger partial charge in [0.25, 0.3) is 10.2 Å². The fraction of sp³-hybridized carbons (Fsp3) is 0.409. The third kappa shape index (κ3) is 6.66. The maximum Gasteiger partial charge on any atom is 0.503 e. The van der Waals surface area contributed by atoms with Crippen LogP contribution in [0.3, 0.4) is 0 Å². The fourth-order valence-electron chi connectivity index (χ4n) is 3.92. The van der Waals surface area contributed by atoms with E-state index in [1.165, 1.54) is 9.87 Å². The number of nitrogens with one attached hydrogen (secondary N) is 1. The van der Waals surface area contributed by atoms with Gasteiger partial charge in [-0.15, -0.1) is 0 Å². The number of hydrogen-bond donors (Lipinski definition) is 3. The van der Waals surface area contributed by atoms with Crippen molar-refractivity contribution in [3.05, 3.63) is 70.7 Å². The predicted octanol–water partition coefficient (Wildman–Crippen LogP) is 3.79. The Bertz CT molecular complexity index is 999. The number of nitrogens with zero attached hydrogens (tertiary/aromatic N) is 1. The molecule has 0 radical (unpaired) electrons. The molecule has 4 rings (SSSR count). The van der Waals surface area contributed by atoms with E-state index in [0.717, 1.165) is 5.56 Å². The van der Waals surface area contributed by atoms with Crippen molar-refractivity contribution in [1.29, 1.82) is 0 Å². The van der Waals surface area contributed by atoms with Crippen LogP contribution in [0.2, 0.25) is 5.02 Å². The van der Waals surface area contributed by atoms with Crippen LogP contribution in [0.15, 0.2) is 54.6 Å². The topological polar surface area (TPSA) is 116 Å². The monoisotopic (exact) mass is 482 g/mol. The molecule has 1 unspecified atom stereocenters. The Balaban J connectivity index is 0.000000668. The average molecular weight is 483 g/mol. The Hall–Kier alpha value is -2.17. The summed E-state index contributed by atoms with van der Waals surface area (Å²) in [6.07, 6.45) is -1.22. The van der Waals surface area contributed by atoms with Gasteiger partial charge in [0.2, 0.25) is 0 Å². The van der Waals surface area contributed by atoms with Gasteiger partial charge in [-0.2, -0.15) is 17.4 Å². The van der Waals surface area contributed by atoms with Crippen LogP contribution in [0.4, 0.5) is 4.79 Å². The molecule has 4 atom stereocenters. The third-order valence-electron chi connectivity index (χ3n) is 5.70. The van der Waals surface area contributed by atoms with Crippen LogP contribution in [0.5, 0.6) is 0 Å². The van der Waals surface area contributed by atoms with Crippen LogP contribution in [-0.4, -0.2) is 54.3 Å². The molecule has 1 aliphatic heterocycles. The zero-order valence-corrected chi connectivity index (χ0v) is 19.2. The van der Waals surface area contributed by atoms with Crippen molar-refractivity contribution in [3.63, 3.8) is 0 Å². The Morgan fingerprint density at radius 2 is 1.78 bits per heavy atom. The van der Waals surface area contributed by atoms with Gasteiger partial charge in [0.1, 0.15) is 0 Å². The van der Waals surface area contributed by atoms with Crippen molar-refractivity contribution in [2.45, 2.75) is 38.0 Å². The van der Waals surface area contributed by atoms with E-state index < -0.39 is 16.4 Å². The van der Waals surface area contributed by atoms with Crippen molar-refractivity contribution in [3.8, 4) is 0 Å². The second-order valence-corrected chi connectivity index (χ2v) is 10.1. The predicted molar refractivity (Wildman–Crippen MR) is 121 cm³/mol. The first kappa shape index (κ1) is 24.5. The van der Waals surface area contributed by atoms with Gasteiger partial charge in [-0.1, -0.05) is 61.0 Å². The van der Waals surface area contributed by atoms with E-state index in [9.17, 15) is 8.42 Å². The quantitative estimate of drug-likeness (QED) is 0.553. The second-order valence-electron chi connectivity index (χ2n) is 7.93. The molecule has 2 aromatic rings. The largest absolute Gasteiger partial charge is 0.503 e. The summed E-state index contributed by atoms with van der Waals surface area (Å²) in [5.41, 5.74) is 2.22. The zero-order valence-electron chi connectivity index (χ0n) is 17.6. The molecule has 8 nitrogen and oxygen atoms in total. The minimum atomic E-state index is -3.51. The summed E-state index contributed by atoms with van der Waals surface area (Å²) in [5.74, 6) is 0.548. The molecule has 3 N–H and O–H groups in total. The van der Waals surface area contributed by atoms with E-state index >= 15 is 0 Å². The highest BCUT2D eigenvalue weighted by molar-refractivity contribution is 7.87. The first-order chi connectivity index (χ1) is 15.2. The molecule has 2 aliphatic rings. The molecule has 2 aromatic carbocycles. The van der Waals surface area contributed by atoms with Crippen LogP contribution in [-0.2, 0) is 21.6 Å². The van der Waals surface area contributed by atoms with E-state index in [-0.39, 0.29) is 18.1 Å². The van der Waals surface area contributed by atoms with Crippen LogP contribution >= 0.6 is 11.6 Å². The van der Waals surface area contributed by atoms with E-state index in [2.05, 4.69) is 23.8 Å². The smallest absolute Gasteiger partial charge is 0.450 e. The fourth-order valence-corrected chi connectivity index (χ4v) is 5.61. The molecule has 0 aromatic heterocycles. The van der Waals surface area contributed by atoms with Gasteiger partial charge < -0.3 is 14.9 Å². The van der Waals surface area contributed by atoms with Gasteiger partial charge in [0.15, 0.2) is 0 Å². The zero-order chi connectivity index (χ0) is 23.3. The lowest BCUT2D eigenvalue weighted by Gasteiger charge is -2.17. The molecule has 0 spiro atoms. The van der Waals surface area contributed by atoms with Gasteiger partial charge in [-0.3, -0.25) is 0 Å². The number of carboxylic acid groups (broad SMARTS) is 2. The van der Waals surface area contributed by atoms with Gasteiger partial charge in [-0.05, 0) is 35.6 Å². The van der Waals surface area contributed by atoms with E-state index in [0.29, 0.717) is 37.1 Å². The van der Waals surface area contributed by atoms with Crippen molar-refractivity contribution in [2.24, 2.45) is 5.92 Å². The van der Waals surface area contributed by atoms with E-state index in [1.807, 2.05) is 42.5 Å². The third-order valence-corrected chi connectivity index (χ3v) is 7.53. The summed E-state index contributed by atoms with van der Waals surface area (Å²) < 4.78 is 35.9. The van der Waals surface area contributed by atoms with E-state index in [1.54, 1.807) is 0 Å².